The van der Waals surface area contributed by atoms with Gasteiger partial charge in [-0.3, -0.25) is 4.79 Å². The molecule has 0 unspecified atom stereocenters. The molecule has 0 aliphatic rings. The summed E-state index contributed by atoms with van der Waals surface area (Å²) in [5, 5.41) is 14.8. The highest BCUT2D eigenvalue weighted by Gasteiger charge is 2.08. The minimum atomic E-state index is -0.386. The quantitative estimate of drug-likeness (QED) is 0.345. The number of methoxy groups -OCH3 is 1. The molecule has 0 atom stereocenters. The average Bonchev–Trinajstić information content (AvgIpc) is 2.64. The van der Waals surface area contributed by atoms with Crippen molar-refractivity contribution in [3.63, 3.8) is 0 Å². The molecule has 0 radical (unpaired) electrons. The van der Waals surface area contributed by atoms with Crippen molar-refractivity contribution in [2.75, 3.05) is 26.9 Å². The molecule has 1 amide bonds. The number of carbonyl (C=O) groups excluding carboxylic acids is 1. The fourth-order valence-electron chi connectivity index (χ4n) is 2.08. The number of nitrogens with one attached hydrogen (secondary N) is 2. The maximum absolute atomic E-state index is 12.0. The predicted octanol–water partition coefficient (Wildman–Crippen LogP) is 2.52. The molecule has 0 aromatic heterocycles. The molecule has 0 heterocycles. The molecule has 0 fully saturated rings. The number of para-hydroxylation sites is 1. The summed E-state index contributed by atoms with van der Waals surface area (Å²) < 4.78 is 10.7. The van der Waals surface area contributed by atoms with Crippen LogP contribution in [0.4, 0.5) is 0 Å². The average molecular weight is 345 g/mol. The summed E-state index contributed by atoms with van der Waals surface area (Å²) in [5.74, 6) is 0.373. The van der Waals surface area contributed by atoms with Crippen LogP contribution in [-0.4, -0.2) is 32.8 Å². The van der Waals surface area contributed by atoms with Crippen LogP contribution in [-0.2, 0) is 16.1 Å². The topological polar surface area (TPSA) is 83.4 Å². The third-order valence-electron chi connectivity index (χ3n) is 3.49. The van der Waals surface area contributed by atoms with Crippen molar-refractivity contribution in [3.05, 3.63) is 41.6 Å². The molecule has 6 nitrogen and oxygen atoms in total. The van der Waals surface area contributed by atoms with Gasteiger partial charge in [-0.15, -0.1) is 0 Å². The Hall–Kier alpha value is -2.52. The summed E-state index contributed by atoms with van der Waals surface area (Å²) in [6.45, 7) is 4.42. The maximum Gasteiger partial charge on any atom is 0.263 e. The van der Waals surface area contributed by atoms with E-state index in [9.17, 15) is 4.79 Å². The lowest BCUT2D eigenvalue weighted by Gasteiger charge is -2.08. The van der Waals surface area contributed by atoms with Crippen LogP contribution >= 0.6 is 0 Å². The van der Waals surface area contributed by atoms with Gasteiger partial charge in [0.1, 0.15) is 17.4 Å². The summed E-state index contributed by atoms with van der Waals surface area (Å²) in [5.41, 5.74) is 0.991. The van der Waals surface area contributed by atoms with E-state index in [1.54, 1.807) is 7.11 Å². The van der Waals surface area contributed by atoms with Crippen LogP contribution in [0.2, 0.25) is 0 Å². The minimum absolute atomic E-state index is 0.0433. The molecule has 0 bridgehead atoms. The van der Waals surface area contributed by atoms with Gasteiger partial charge in [-0.1, -0.05) is 31.5 Å². The lowest BCUT2D eigenvalue weighted by Crippen LogP contribution is -2.27. The van der Waals surface area contributed by atoms with Gasteiger partial charge in [0.25, 0.3) is 5.91 Å². The second kappa shape index (κ2) is 12.8. The third-order valence-corrected chi connectivity index (χ3v) is 3.49. The number of carbonyl (C=O) groups is 1. The normalized spacial score (nSPS) is 10.8. The number of rotatable bonds is 12. The fourth-order valence-corrected chi connectivity index (χ4v) is 2.08. The Bertz CT molecular complexity index is 594. The molecule has 1 rings (SSSR count). The molecule has 1 aromatic carbocycles. The largest absolute Gasteiger partial charge is 0.496 e. The van der Waals surface area contributed by atoms with Gasteiger partial charge in [0.2, 0.25) is 0 Å². The molecule has 0 spiro atoms. The van der Waals surface area contributed by atoms with Crippen molar-refractivity contribution in [2.24, 2.45) is 0 Å². The van der Waals surface area contributed by atoms with Crippen LogP contribution in [0.3, 0.4) is 0 Å². The number of benzene rings is 1. The number of amides is 1. The van der Waals surface area contributed by atoms with Gasteiger partial charge < -0.3 is 20.1 Å². The zero-order chi connectivity index (χ0) is 18.3. The van der Waals surface area contributed by atoms with Crippen molar-refractivity contribution < 1.29 is 14.3 Å². The van der Waals surface area contributed by atoms with E-state index < -0.39 is 0 Å². The van der Waals surface area contributed by atoms with Crippen LogP contribution in [0.5, 0.6) is 5.75 Å². The molecule has 0 aliphatic carbocycles. The first kappa shape index (κ1) is 20.5. The van der Waals surface area contributed by atoms with E-state index >= 15 is 0 Å². The maximum atomic E-state index is 12.0. The number of ether oxygens (including phenoxy) is 2. The van der Waals surface area contributed by atoms with Gasteiger partial charge in [-0.05, 0) is 18.9 Å². The van der Waals surface area contributed by atoms with Crippen LogP contribution in [0.15, 0.2) is 36.0 Å². The molecule has 2 N–H and O–H groups in total. The van der Waals surface area contributed by atoms with Gasteiger partial charge in [0.15, 0.2) is 0 Å². The first-order valence-electron chi connectivity index (χ1n) is 8.54. The van der Waals surface area contributed by atoms with Gasteiger partial charge >= 0.3 is 0 Å². The standard InChI is InChI=1S/C19H27N3O3/c1-3-4-11-25-12-7-10-22-19(23)17(13-20)15-21-14-16-8-5-6-9-18(16)24-2/h5-6,8-9,15,21H,3-4,7,10-12,14H2,1-2H3,(H,22,23)/b17-15-. The zero-order valence-corrected chi connectivity index (χ0v) is 15.0. The van der Waals surface area contributed by atoms with Crippen LogP contribution in [0, 0.1) is 11.3 Å². The van der Waals surface area contributed by atoms with E-state index in [0.29, 0.717) is 19.7 Å². The summed E-state index contributed by atoms with van der Waals surface area (Å²) in [4.78, 5) is 12.0. The van der Waals surface area contributed by atoms with Crippen molar-refractivity contribution >= 4 is 5.91 Å². The molecule has 25 heavy (non-hydrogen) atoms. The Labute approximate surface area is 149 Å². The highest BCUT2D eigenvalue weighted by molar-refractivity contribution is 5.97. The Morgan fingerprint density at radius 2 is 2.04 bits per heavy atom. The van der Waals surface area contributed by atoms with Gasteiger partial charge in [0, 0.05) is 38.1 Å². The summed E-state index contributed by atoms with van der Waals surface area (Å²) >= 11 is 0. The van der Waals surface area contributed by atoms with E-state index in [0.717, 1.165) is 37.2 Å². The lowest BCUT2D eigenvalue weighted by molar-refractivity contribution is -0.117. The summed E-state index contributed by atoms with van der Waals surface area (Å²) in [6, 6.07) is 9.49. The molecule has 0 saturated heterocycles. The van der Waals surface area contributed by atoms with E-state index in [1.807, 2.05) is 30.3 Å². The Morgan fingerprint density at radius 1 is 1.28 bits per heavy atom. The number of hydrogen-bond acceptors (Lipinski definition) is 5. The van der Waals surface area contributed by atoms with Gasteiger partial charge in [-0.25, -0.2) is 0 Å². The molecule has 136 valence electrons. The molecular weight excluding hydrogens is 318 g/mol. The van der Waals surface area contributed by atoms with Gasteiger partial charge in [0.05, 0.1) is 7.11 Å². The minimum Gasteiger partial charge on any atom is -0.496 e. The van der Waals surface area contributed by atoms with Crippen molar-refractivity contribution in [2.45, 2.75) is 32.7 Å². The molecular formula is C19H27N3O3. The number of hydrogen-bond donors (Lipinski definition) is 2. The first-order valence-corrected chi connectivity index (χ1v) is 8.54. The molecule has 1 aromatic rings. The highest BCUT2D eigenvalue weighted by Crippen LogP contribution is 2.16. The number of nitrogens with zero attached hydrogens (tertiary/aromatic N) is 1. The monoisotopic (exact) mass is 345 g/mol. The van der Waals surface area contributed by atoms with Gasteiger partial charge in [-0.2, -0.15) is 5.26 Å². The third kappa shape index (κ3) is 8.23. The molecule has 6 heteroatoms. The van der Waals surface area contributed by atoms with E-state index in [2.05, 4.69) is 17.6 Å². The van der Waals surface area contributed by atoms with Crippen LogP contribution in [0.1, 0.15) is 31.7 Å². The first-order chi connectivity index (χ1) is 12.2. The zero-order valence-electron chi connectivity index (χ0n) is 15.0. The highest BCUT2D eigenvalue weighted by atomic mass is 16.5. The van der Waals surface area contributed by atoms with E-state index in [-0.39, 0.29) is 11.5 Å². The summed E-state index contributed by atoms with van der Waals surface area (Å²) in [6.07, 6.45) is 4.31. The second-order valence-corrected chi connectivity index (χ2v) is 5.44. The SMILES string of the molecule is CCCCOCCCNC(=O)/C(C#N)=C\NCc1ccccc1OC. The van der Waals surface area contributed by atoms with Crippen molar-refractivity contribution in [1.82, 2.24) is 10.6 Å². The molecule has 0 aliphatic heterocycles. The fraction of sp³-hybridized carbons (Fsp3) is 0.474. The Morgan fingerprint density at radius 3 is 2.76 bits per heavy atom. The summed E-state index contributed by atoms with van der Waals surface area (Å²) in [7, 11) is 1.61. The van der Waals surface area contributed by atoms with Crippen LogP contribution in [0.25, 0.3) is 0 Å². The lowest BCUT2D eigenvalue weighted by atomic mass is 10.2. The van der Waals surface area contributed by atoms with Crippen LogP contribution < -0.4 is 15.4 Å². The van der Waals surface area contributed by atoms with Crippen molar-refractivity contribution in [1.29, 1.82) is 5.26 Å². The van der Waals surface area contributed by atoms with E-state index in [1.165, 1.54) is 6.20 Å². The number of nitriles is 1. The smallest absolute Gasteiger partial charge is 0.263 e. The second-order valence-electron chi connectivity index (χ2n) is 5.44. The predicted molar refractivity (Wildman–Crippen MR) is 96.9 cm³/mol. The van der Waals surface area contributed by atoms with E-state index in [4.69, 9.17) is 14.7 Å². The Kier molecular flexibility index (Phi) is 10.5. The number of unbranched alkanes of at least 4 members (excludes halogenated alkanes) is 1. The Balaban J connectivity index is 2.35. The van der Waals surface area contributed by atoms with Crippen molar-refractivity contribution in [3.8, 4) is 11.8 Å². The molecule has 0 saturated carbocycles.